The fourth-order valence-corrected chi connectivity index (χ4v) is 5.14. The standard InChI is InChI=1S/C14H28N2O2S2/c1-19-14-7-3-6-13(9-14)15-10-12-5-4-8-16(11-12)20(2,17)18/h12-15H,3-11H2,1-2H3. The average Bonchev–Trinajstić information content (AvgIpc) is 2.45. The van der Waals surface area contributed by atoms with Crippen LogP contribution in [0.2, 0.25) is 0 Å². The SMILES string of the molecule is CSC1CCCC(NCC2CCCN(S(C)(=O)=O)C2)C1. The molecule has 0 aromatic carbocycles. The lowest BCUT2D eigenvalue weighted by atomic mass is 9.93. The summed E-state index contributed by atoms with van der Waals surface area (Å²) in [6.45, 7) is 2.37. The van der Waals surface area contributed by atoms with Gasteiger partial charge in [-0.25, -0.2) is 12.7 Å². The Morgan fingerprint density at radius 3 is 2.75 bits per heavy atom. The van der Waals surface area contributed by atoms with Crippen molar-refractivity contribution in [3.63, 3.8) is 0 Å². The van der Waals surface area contributed by atoms with Crippen molar-refractivity contribution in [2.75, 3.05) is 32.1 Å². The van der Waals surface area contributed by atoms with Crippen molar-refractivity contribution in [1.29, 1.82) is 0 Å². The second-order valence-electron chi connectivity index (χ2n) is 6.26. The summed E-state index contributed by atoms with van der Waals surface area (Å²) in [6.07, 6.45) is 10.9. The topological polar surface area (TPSA) is 49.4 Å². The van der Waals surface area contributed by atoms with Crippen molar-refractivity contribution in [2.45, 2.75) is 49.8 Å². The Balaban J connectivity index is 1.76. The molecule has 1 aliphatic heterocycles. The molecule has 118 valence electrons. The predicted molar refractivity (Wildman–Crippen MR) is 86.7 cm³/mol. The van der Waals surface area contributed by atoms with Crippen LogP contribution < -0.4 is 5.32 Å². The molecule has 1 saturated heterocycles. The van der Waals surface area contributed by atoms with Gasteiger partial charge in [-0.05, 0) is 50.8 Å². The van der Waals surface area contributed by atoms with E-state index in [1.807, 2.05) is 11.8 Å². The Bertz CT molecular complexity index is 400. The van der Waals surface area contributed by atoms with Gasteiger partial charge in [-0.15, -0.1) is 0 Å². The van der Waals surface area contributed by atoms with Crippen LogP contribution in [-0.2, 0) is 10.0 Å². The lowest BCUT2D eigenvalue weighted by molar-refractivity contribution is 0.247. The summed E-state index contributed by atoms with van der Waals surface area (Å²) in [7, 11) is -3.01. The number of sulfonamides is 1. The molecule has 1 heterocycles. The minimum atomic E-state index is -3.01. The summed E-state index contributed by atoms with van der Waals surface area (Å²) in [4.78, 5) is 0. The molecule has 2 fully saturated rings. The van der Waals surface area contributed by atoms with Crippen LogP contribution in [0.25, 0.3) is 0 Å². The van der Waals surface area contributed by atoms with Crippen molar-refractivity contribution in [2.24, 2.45) is 5.92 Å². The molecule has 3 unspecified atom stereocenters. The second-order valence-corrected chi connectivity index (χ2v) is 9.38. The molecule has 1 N–H and O–H groups in total. The fraction of sp³-hybridized carbons (Fsp3) is 1.00. The smallest absolute Gasteiger partial charge is 0.211 e. The largest absolute Gasteiger partial charge is 0.314 e. The minimum Gasteiger partial charge on any atom is -0.314 e. The molecule has 0 bridgehead atoms. The lowest BCUT2D eigenvalue weighted by Gasteiger charge is -2.34. The van der Waals surface area contributed by atoms with Gasteiger partial charge in [0.15, 0.2) is 0 Å². The lowest BCUT2D eigenvalue weighted by Crippen LogP contribution is -2.45. The van der Waals surface area contributed by atoms with Crippen LogP contribution in [0.15, 0.2) is 0 Å². The monoisotopic (exact) mass is 320 g/mol. The summed E-state index contributed by atoms with van der Waals surface area (Å²) in [6, 6.07) is 0.634. The van der Waals surface area contributed by atoms with E-state index in [4.69, 9.17) is 0 Å². The Kier molecular flexibility index (Phi) is 6.20. The van der Waals surface area contributed by atoms with E-state index in [2.05, 4.69) is 11.6 Å². The summed E-state index contributed by atoms with van der Waals surface area (Å²) in [5.74, 6) is 0.480. The van der Waals surface area contributed by atoms with Gasteiger partial charge in [0.05, 0.1) is 6.26 Å². The summed E-state index contributed by atoms with van der Waals surface area (Å²) >= 11 is 1.99. The molecule has 2 rings (SSSR count). The number of hydrogen-bond acceptors (Lipinski definition) is 4. The highest BCUT2D eigenvalue weighted by molar-refractivity contribution is 7.99. The number of rotatable bonds is 5. The quantitative estimate of drug-likeness (QED) is 0.841. The molecule has 0 amide bonds. The first-order chi connectivity index (χ1) is 9.49. The molecule has 1 saturated carbocycles. The predicted octanol–water partition coefficient (Wildman–Crippen LogP) is 1.92. The third-order valence-electron chi connectivity index (χ3n) is 4.61. The van der Waals surface area contributed by atoms with Gasteiger partial charge in [0.1, 0.15) is 0 Å². The van der Waals surface area contributed by atoms with Gasteiger partial charge in [0.2, 0.25) is 10.0 Å². The third-order valence-corrected chi connectivity index (χ3v) is 6.97. The van der Waals surface area contributed by atoms with Crippen molar-refractivity contribution >= 4 is 21.8 Å². The molecule has 0 aromatic heterocycles. The molecule has 20 heavy (non-hydrogen) atoms. The van der Waals surface area contributed by atoms with E-state index in [1.54, 1.807) is 4.31 Å². The normalized spacial score (nSPS) is 33.2. The van der Waals surface area contributed by atoms with Gasteiger partial charge < -0.3 is 5.32 Å². The van der Waals surface area contributed by atoms with Crippen LogP contribution in [-0.4, -0.2) is 56.2 Å². The van der Waals surface area contributed by atoms with Crippen LogP contribution >= 0.6 is 11.8 Å². The molecule has 1 aliphatic carbocycles. The third kappa shape index (κ3) is 4.90. The second kappa shape index (κ2) is 7.47. The highest BCUT2D eigenvalue weighted by Crippen LogP contribution is 2.27. The number of thioether (sulfide) groups is 1. The Morgan fingerprint density at radius 2 is 2.05 bits per heavy atom. The molecule has 4 nitrogen and oxygen atoms in total. The van der Waals surface area contributed by atoms with Crippen LogP contribution in [0, 0.1) is 5.92 Å². The molecule has 0 radical (unpaired) electrons. The summed E-state index contributed by atoms with van der Waals surface area (Å²) in [5, 5.41) is 4.50. The molecule has 0 aromatic rings. The Labute approximate surface area is 128 Å². The highest BCUT2D eigenvalue weighted by atomic mass is 32.2. The van der Waals surface area contributed by atoms with Crippen molar-refractivity contribution < 1.29 is 8.42 Å². The molecular weight excluding hydrogens is 292 g/mol. The van der Waals surface area contributed by atoms with Crippen molar-refractivity contribution in [1.82, 2.24) is 9.62 Å². The first kappa shape index (κ1) is 16.6. The summed E-state index contributed by atoms with van der Waals surface area (Å²) < 4.78 is 24.9. The molecule has 2 aliphatic rings. The van der Waals surface area contributed by atoms with E-state index >= 15 is 0 Å². The zero-order valence-electron chi connectivity index (χ0n) is 12.7. The maximum Gasteiger partial charge on any atom is 0.211 e. The minimum absolute atomic E-state index is 0.480. The van der Waals surface area contributed by atoms with Gasteiger partial charge >= 0.3 is 0 Å². The van der Waals surface area contributed by atoms with Crippen LogP contribution in [0.3, 0.4) is 0 Å². The molecule has 3 atom stereocenters. The number of nitrogens with one attached hydrogen (secondary N) is 1. The van der Waals surface area contributed by atoms with Gasteiger partial charge in [-0.2, -0.15) is 11.8 Å². The fourth-order valence-electron chi connectivity index (χ4n) is 3.37. The molecule has 6 heteroatoms. The number of hydrogen-bond donors (Lipinski definition) is 1. The van der Waals surface area contributed by atoms with Gasteiger partial charge in [0.25, 0.3) is 0 Å². The van der Waals surface area contributed by atoms with Crippen molar-refractivity contribution in [3.8, 4) is 0 Å². The average molecular weight is 321 g/mol. The first-order valence-corrected chi connectivity index (χ1v) is 10.8. The van der Waals surface area contributed by atoms with E-state index < -0.39 is 10.0 Å². The van der Waals surface area contributed by atoms with E-state index in [0.29, 0.717) is 25.0 Å². The maximum absolute atomic E-state index is 11.6. The van der Waals surface area contributed by atoms with E-state index in [0.717, 1.165) is 24.6 Å². The van der Waals surface area contributed by atoms with Crippen LogP contribution in [0.5, 0.6) is 0 Å². The van der Waals surface area contributed by atoms with Crippen LogP contribution in [0.1, 0.15) is 38.5 Å². The molecular formula is C14H28N2O2S2. The van der Waals surface area contributed by atoms with Crippen LogP contribution in [0.4, 0.5) is 0 Å². The number of nitrogens with zero attached hydrogens (tertiary/aromatic N) is 1. The van der Waals surface area contributed by atoms with Gasteiger partial charge in [-0.1, -0.05) is 6.42 Å². The number of piperidine rings is 1. The van der Waals surface area contributed by atoms with E-state index in [1.165, 1.54) is 31.9 Å². The highest BCUT2D eigenvalue weighted by Gasteiger charge is 2.27. The van der Waals surface area contributed by atoms with E-state index in [9.17, 15) is 8.42 Å². The Morgan fingerprint density at radius 1 is 1.25 bits per heavy atom. The van der Waals surface area contributed by atoms with E-state index in [-0.39, 0.29) is 0 Å². The summed E-state index contributed by atoms with van der Waals surface area (Å²) in [5.41, 5.74) is 0. The zero-order chi connectivity index (χ0) is 14.6. The zero-order valence-corrected chi connectivity index (χ0v) is 14.3. The first-order valence-electron chi connectivity index (χ1n) is 7.70. The molecule has 0 spiro atoms. The van der Waals surface area contributed by atoms with Gasteiger partial charge in [-0.3, -0.25) is 0 Å². The van der Waals surface area contributed by atoms with Crippen molar-refractivity contribution in [3.05, 3.63) is 0 Å². The van der Waals surface area contributed by atoms with Gasteiger partial charge in [0, 0.05) is 24.4 Å². The maximum atomic E-state index is 11.6. The Hall–Kier alpha value is 0.220.